The zero-order chi connectivity index (χ0) is 14.4. The van der Waals surface area contributed by atoms with Gasteiger partial charge in [0.15, 0.2) is 0 Å². The number of ether oxygens (including phenoxy) is 2. The summed E-state index contributed by atoms with van der Waals surface area (Å²) in [5.74, 6) is 0.825. The van der Waals surface area contributed by atoms with Crippen LogP contribution in [0.15, 0.2) is 24.3 Å². The van der Waals surface area contributed by atoms with E-state index >= 15 is 0 Å². The lowest BCUT2D eigenvalue weighted by molar-refractivity contribution is 0.0902. The third-order valence-corrected chi connectivity index (χ3v) is 3.84. The Morgan fingerprint density at radius 3 is 2.90 bits per heavy atom. The Hall–Kier alpha value is -1.10. The summed E-state index contributed by atoms with van der Waals surface area (Å²) in [4.78, 5) is 0. The summed E-state index contributed by atoms with van der Waals surface area (Å²) in [5.41, 5.74) is 0.472. The SMILES string of the molecule is CCOc1ccccc1C(C)(CO)NCC1CCCO1. The first-order valence-electron chi connectivity index (χ1n) is 7.39. The number of nitrogens with one attached hydrogen (secondary N) is 1. The van der Waals surface area contributed by atoms with Gasteiger partial charge in [-0.05, 0) is 32.8 Å². The van der Waals surface area contributed by atoms with Gasteiger partial charge in [-0.15, -0.1) is 0 Å². The number of hydrogen-bond donors (Lipinski definition) is 2. The Morgan fingerprint density at radius 1 is 1.45 bits per heavy atom. The minimum atomic E-state index is -0.516. The molecule has 112 valence electrons. The molecule has 20 heavy (non-hydrogen) atoms. The molecule has 2 atom stereocenters. The Labute approximate surface area is 121 Å². The molecule has 1 aromatic carbocycles. The predicted molar refractivity (Wildman–Crippen MR) is 79.0 cm³/mol. The number of benzene rings is 1. The maximum absolute atomic E-state index is 9.85. The van der Waals surface area contributed by atoms with Gasteiger partial charge < -0.3 is 19.9 Å². The monoisotopic (exact) mass is 279 g/mol. The fourth-order valence-corrected chi connectivity index (χ4v) is 2.58. The van der Waals surface area contributed by atoms with E-state index in [9.17, 15) is 5.11 Å². The summed E-state index contributed by atoms with van der Waals surface area (Å²) < 4.78 is 11.3. The molecule has 0 saturated carbocycles. The highest BCUT2D eigenvalue weighted by Gasteiger charge is 2.30. The Morgan fingerprint density at radius 2 is 2.25 bits per heavy atom. The molecule has 0 amide bonds. The second-order valence-electron chi connectivity index (χ2n) is 5.44. The third kappa shape index (κ3) is 3.51. The first-order chi connectivity index (χ1) is 9.69. The molecule has 1 aromatic rings. The van der Waals surface area contributed by atoms with Crippen molar-refractivity contribution < 1.29 is 14.6 Å². The molecular formula is C16H25NO3. The van der Waals surface area contributed by atoms with Gasteiger partial charge in [-0.2, -0.15) is 0 Å². The fourth-order valence-electron chi connectivity index (χ4n) is 2.58. The number of rotatable bonds is 7. The fraction of sp³-hybridized carbons (Fsp3) is 0.625. The van der Waals surface area contributed by atoms with Crippen molar-refractivity contribution in [3.05, 3.63) is 29.8 Å². The van der Waals surface area contributed by atoms with Gasteiger partial charge in [-0.3, -0.25) is 0 Å². The van der Waals surface area contributed by atoms with Crippen molar-refractivity contribution in [1.82, 2.24) is 5.32 Å². The van der Waals surface area contributed by atoms with Gasteiger partial charge >= 0.3 is 0 Å². The van der Waals surface area contributed by atoms with Crippen LogP contribution in [0, 0.1) is 0 Å². The molecule has 2 rings (SSSR count). The first-order valence-corrected chi connectivity index (χ1v) is 7.39. The van der Waals surface area contributed by atoms with Crippen LogP contribution in [-0.4, -0.2) is 37.6 Å². The zero-order valence-corrected chi connectivity index (χ0v) is 12.4. The number of hydrogen-bond acceptors (Lipinski definition) is 4. The van der Waals surface area contributed by atoms with Gasteiger partial charge in [0.05, 0.1) is 24.9 Å². The van der Waals surface area contributed by atoms with Crippen molar-refractivity contribution >= 4 is 0 Å². The summed E-state index contributed by atoms with van der Waals surface area (Å²) >= 11 is 0. The van der Waals surface area contributed by atoms with Gasteiger partial charge in [0.1, 0.15) is 5.75 Å². The van der Waals surface area contributed by atoms with E-state index < -0.39 is 5.54 Å². The Balaban J connectivity index is 2.11. The molecular weight excluding hydrogens is 254 g/mol. The molecule has 0 aliphatic carbocycles. The van der Waals surface area contributed by atoms with Crippen LogP contribution in [0.1, 0.15) is 32.3 Å². The van der Waals surface area contributed by atoms with Gasteiger partial charge in [-0.1, -0.05) is 18.2 Å². The van der Waals surface area contributed by atoms with E-state index in [1.807, 2.05) is 38.1 Å². The summed E-state index contributed by atoms with van der Waals surface area (Å²) in [7, 11) is 0. The highest BCUT2D eigenvalue weighted by Crippen LogP contribution is 2.30. The lowest BCUT2D eigenvalue weighted by atomic mass is 9.91. The quantitative estimate of drug-likeness (QED) is 0.802. The van der Waals surface area contributed by atoms with Gasteiger partial charge in [0.2, 0.25) is 0 Å². The molecule has 1 aliphatic heterocycles. The molecule has 4 heteroatoms. The van der Waals surface area contributed by atoms with E-state index in [0.29, 0.717) is 6.61 Å². The second kappa shape index (κ2) is 7.07. The van der Waals surface area contributed by atoms with Crippen molar-refractivity contribution in [2.75, 3.05) is 26.4 Å². The van der Waals surface area contributed by atoms with Crippen LogP contribution in [0.5, 0.6) is 5.75 Å². The summed E-state index contributed by atoms with van der Waals surface area (Å²) in [5, 5.41) is 13.3. The summed E-state index contributed by atoms with van der Waals surface area (Å²) in [6, 6.07) is 7.87. The van der Waals surface area contributed by atoms with Crippen molar-refractivity contribution in [2.24, 2.45) is 0 Å². The molecule has 1 heterocycles. The largest absolute Gasteiger partial charge is 0.494 e. The van der Waals surface area contributed by atoms with E-state index in [4.69, 9.17) is 9.47 Å². The van der Waals surface area contributed by atoms with Crippen molar-refractivity contribution in [3.63, 3.8) is 0 Å². The highest BCUT2D eigenvalue weighted by molar-refractivity contribution is 5.39. The maximum Gasteiger partial charge on any atom is 0.124 e. The van der Waals surface area contributed by atoms with Crippen LogP contribution in [0.2, 0.25) is 0 Å². The summed E-state index contributed by atoms with van der Waals surface area (Å²) in [6.45, 7) is 6.19. The Kier molecular flexibility index (Phi) is 5.40. The molecule has 1 aliphatic rings. The molecule has 1 fully saturated rings. The Bertz CT molecular complexity index is 418. The molecule has 0 spiro atoms. The smallest absolute Gasteiger partial charge is 0.124 e. The number of aliphatic hydroxyl groups is 1. The van der Waals surface area contributed by atoms with E-state index in [1.165, 1.54) is 0 Å². The number of aliphatic hydroxyl groups excluding tert-OH is 1. The average molecular weight is 279 g/mol. The zero-order valence-electron chi connectivity index (χ0n) is 12.4. The van der Waals surface area contributed by atoms with Crippen LogP contribution in [0.25, 0.3) is 0 Å². The molecule has 2 N–H and O–H groups in total. The normalized spacial score (nSPS) is 21.6. The van der Waals surface area contributed by atoms with E-state index in [1.54, 1.807) is 0 Å². The lowest BCUT2D eigenvalue weighted by Crippen LogP contribution is -2.46. The van der Waals surface area contributed by atoms with Crippen molar-refractivity contribution in [3.8, 4) is 5.75 Å². The predicted octanol–water partition coefficient (Wildman–Crippen LogP) is 2.06. The van der Waals surface area contributed by atoms with E-state index in [0.717, 1.165) is 37.3 Å². The van der Waals surface area contributed by atoms with Crippen LogP contribution < -0.4 is 10.1 Å². The minimum absolute atomic E-state index is 0.0177. The molecule has 4 nitrogen and oxygen atoms in total. The molecule has 0 radical (unpaired) electrons. The van der Waals surface area contributed by atoms with E-state index in [-0.39, 0.29) is 12.7 Å². The van der Waals surface area contributed by atoms with E-state index in [2.05, 4.69) is 5.32 Å². The molecule has 2 unspecified atom stereocenters. The average Bonchev–Trinajstić information content (AvgIpc) is 2.99. The maximum atomic E-state index is 9.85. The lowest BCUT2D eigenvalue weighted by Gasteiger charge is -2.32. The second-order valence-corrected chi connectivity index (χ2v) is 5.44. The van der Waals surface area contributed by atoms with Gasteiger partial charge in [0.25, 0.3) is 0 Å². The molecule has 1 saturated heterocycles. The van der Waals surface area contributed by atoms with Crippen molar-refractivity contribution in [1.29, 1.82) is 0 Å². The van der Waals surface area contributed by atoms with Crippen molar-refractivity contribution in [2.45, 2.75) is 38.3 Å². The van der Waals surface area contributed by atoms with Gasteiger partial charge in [-0.25, -0.2) is 0 Å². The third-order valence-electron chi connectivity index (χ3n) is 3.84. The van der Waals surface area contributed by atoms with Gasteiger partial charge in [0, 0.05) is 18.7 Å². The van der Waals surface area contributed by atoms with Crippen LogP contribution in [0.4, 0.5) is 0 Å². The topological polar surface area (TPSA) is 50.7 Å². The van der Waals surface area contributed by atoms with Crippen LogP contribution >= 0.6 is 0 Å². The van der Waals surface area contributed by atoms with Crippen LogP contribution in [-0.2, 0) is 10.3 Å². The minimum Gasteiger partial charge on any atom is -0.494 e. The number of para-hydroxylation sites is 1. The molecule has 0 bridgehead atoms. The highest BCUT2D eigenvalue weighted by atomic mass is 16.5. The van der Waals surface area contributed by atoms with Crippen LogP contribution in [0.3, 0.4) is 0 Å². The summed E-state index contributed by atoms with van der Waals surface area (Å²) in [6.07, 6.45) is 2.46. The molecule has 0 aromatic heterocycles. The first kappa shape index (κ1) is 15.3. The standard InChI is InChI=1S/C16H25NO3/c1-3-19-15-9-5-4-8-14(15)16(2,12-18)17-11-13-7-6-10-20-13/h4-5,8-9,13,17-18H,3,6-7,10-12H2,1-2H3.